The normalized spacial score (nSPS) is 19.0. The highest BCUT2D eigenvalue weighted by Crippen LogP contribution is 2.24. The molecule has 1 aromatic rings. The lowest BCUT2D eigenvalue weighted by molar-refractivity contribution is -0.134. The molecule has 0 N–H and O–H groups in total. The molecule has 24 heavy (non-hydrogen) atoms. The summed E-state index contributed by atoms with van der Waals surface area (Å²) >= 11 is 7.45. The van der Waals surface area contributed by atoms with E-state index in [2.05, 4.69) is 0 Å². The minimum Gasteiger partial charge on any atom is -0.452 e. The topological polar surface area (TPSA) is 80.8 Å². The number of likely N-dealkylation sites (N-methyl/N-ethyl adjacent to an activating group) is 1. The zero-order valence-corrected chi connectivity index (χ0v) is 15.7. The first-order valence-corrected chi connectivity index (χ1v) is 10.6. The predicted molar refractivity (Wildman–Crippen MR) is 93.3 cm³/mol. The number of thioether (sulfide) groups is 1. The van der Waals surface area contributed by atoms with E-state index in [9.17, 15) is 18.0 Å². The highest BCUT2D eigenvalue weighted by Gasteiger charge is 2.33. The number of esters is 1. The van der Waals surface area contributed by atoms with Gasteiger partial charge in [-0.15, -0.1) is 11.8 Å². The Bertz CT molecular complexity index is 750. The molecular formula is C15H18ClNO5S2. The molecule has 0 aromatic heterocycles. The van der Waals surface area contributed by atoms with Gasteiger partial charge in [0, 0.05) is 18.0 Å². The van der Waals surface area contributed by atoms with E-state index in [4.69, 9.17) is 16.3 Å². The minimum atomic E-state index is -3.08. The summed E-state index contributed by atoms with van der Waals surface area (Å²) in [4.78, 5) is 26.4. The first-order valence-electron chi connectivity index (χ1n) is 7.20. The van der Waals surface area contributed by atoms with E-state index >= 15 is 0 Å². The van der Waals surface area contributed by atoms with E-state index in [0.29, 0.717) is 6.42 Å². The Hall–Kier alpha value is -1.25. The molecule has 1 heterocycles. The van der Waals surface area contributed by atoms with Gasteiger partial charge in [0.1, 0.15) is 0 Å². The van der Waals surface area contributed by atoms with E-state index in [1.807, 2.05) is 6.26 Å². The summed E-state index contributed by atoms with van der Waals surface area (Å²) in [5.41, 5.74) is 0.197. The summed E-state index contributed by atoms with van der Waals surface area (Å²) < 4.78 is 28.0. The fourth-order valence-electron chi connectivity index (χ4n) is 2.38. The number of sulfone groups is 1. The lowest BCUT2D eigenvalue weighted by Gasteiger charge is -2.23. The molecule has 0 bridgehead atoms. The largest absolute Gasteiger partial charge is 0.452 e. The van der Waals surface area contributed by atoms with Gasteiger partial charge in [-0.25, -0.2) is 13.2 Å². The van der Waals surface area contributed by atoms with Gasteiger partial charge in [0.15, 0.2) is 16.4 Å². The van der Waals surface area contributed by atoms with Crippen LogP contribution in [-0.4, -0.2) is 62.7 Å². The molecule has 1 atom stereocenters. The van der Waals surface area contributed by atoms with Crippen molar-refractivity contribution in [1.82, 2.24) is 4.90 Å². The highest BCUT2D eigenvalue weighted by atomic mass is 35.5. The maximum Gasteiger partial charge on any atom is 0.340 e. The third-order valence-corrected chi connectivity index (χ3v) is 6.67. The molecular weight excluding hydrogens is 374 g/mol. The second-order valence-electron chi connectivity index (χ2n) is 5.48. The Morgan fingerprint density at radius 3 is 2.71 bits per heavy atom. The molecule has 2 rings (SSSR count). The molecule has 0 aliphatic carbocycles. The van der Waals surface area contributed by atoms with Crippen LogP contribution in [-0.2, 0) is 19.4 Å². The molecule has 0 unspecified atom stereocenters. The number of halogens is 1. The summed E-state index contributed by atoms with van der Waals surface area (Å²) in [5, 5.41) is 0.250. The van der Waals surface area contributed by atoms with Gasteiger partial charge in [-0.2, -0.15) is 0 Å². The van der Waals surface area contributed by atoms with Gasteiger partial charge in [-0.05, 0) is 30.9 Å². The number of amides is 1. The number of nitrogens with zero attached hydrogens (tertiary/aromatic N) is 1. The molecule has 0 radical (unpaired) electrons. The molecule has 9 heteroatoms. The molecule has 1 saturated heterocycles. The molecule has 1 amide bonds. The van der Waals surface area contributed by atoms with Crippen molar-refractivity contribution in [3.63, 3.8) is 0 Å². The van der Waals surface area contributed by atoms with Gasteiger partial charge in [0.2, 0.25) is 0 Å². The number of rotatable bonds is 5. The molecule has 1 fully saturated rings. The van der Waals surface area contributed by atoms with Crippen molar-refractivity contribution in [3.8, 4) is 0 Å². The van der Waals surface area contributed by atoms with Crippen LogP contribution in [0, 0.1) is 0 Å². The monoisotopic (exact) mass is 391 g/mol. The zero-order chi connectivity index (χ0) is 17.9. The number of hydrogen-bond acceptors (Lipinski definition) is 6. The van der Waals surface area contributed by atoms with Crippen LogP contribution in [0.2, 0.25) is 5.02 Å². The average molecular weight is 392 g/mol. The fourth-order valence-corrected chi connectivity index (χ4v) is 4.79. The molecule has 6 nitrogen and oxygen atoms in total. The number of ether oxygens (including phenoxy) is 1. The van der Waals surface area contributed by atoms with E-state index < -0.39 is 28.3 Å². The van der Waals surface area contributed by atoms with Crippen LogP contribution >= 0.6 is 23.4 Å². The van der Waals surface area contributed by atoms with Crippen LogP contribution in [0.15, 0.2) is 23.1 Å². The molecule has 1 aliphatic rings. The maximum absolute atomic E-state index is 12.1. The van der Waals surface area contributed by atoms with Crippen molar-refractivity contribution in [3.05, 3.63) is 28.8 Å². The standard InChI is InChI=1S/C15H18ClNO5S2/c1-17(10-5-6-24(20,21)9-10)14(18)8-22-15(19)12-7-11(23-2)3-4-13(12)16/h3-4,7,10H,5-6,8-9H2,1-2H3/t10-/m1/s1. The average Bonchev–Trinajstić information content (AvgIpc) is 2.92. The summed E-state index contributed by atoms with van der Waals surface area (Å²) in [5.74, 6) is -1.10. The van der Waals surface area contributed by atoms with Crippen molar-refractivity contribution < 1.29 is 22.7 Å². The quantitative estimate of drug-likeness (QED) is 0.563. The number of carbonyl (C=O) groups is 2. The summed E-state index contributed by atoms with van der Waals surface area (Å²) in [6, 6.07) is 4.61. The van der Waals surface area contributed by atoms with E-state index in [-0.39, 0.29) is 28.1 Å². The Morgan fingerprint density at radius 1 is 1.42 bits per heavy atom. The smallest absolute Gasteiger partial charge is 0.340 e. The third-order valence-electron chi connectivity index (χ3n) is 3.87. The minimum absolute atomic E-state index is 0.0508. The van der Waals surface area contributed by atoms with Crippen molar-refractivity contribution in [2.75, 3.05) is 31.4 Å². The fraction of sp³-hybridized carbons (Fsp3) is 0.467. The summed E-state index contributed by atoms with van der Waals surface area (Å²) in [6.07, 6.45) is 2.27. The van der Waals surface area contributed by atoms with Crippen molar-refractivity contribution in [2.24, 2.45) is 0 Å². The van der Waals surface area contributed by atoms with Crippen LogP contribution in [0.4, 0.5) is 0 Å². The Labute approximate surface area is 150 Å². The third kappa shape index (κ3) is 4.64. The number of carbonyl (C=O) groups excluding carboxylic acids is 2. The second kappa shape index (κ2) is 7.76. The van der Waals surface area contributed by atoms with Crippen molar-refractivity contribution in [2.45, 2.75) is 17.4 Å². The molecule has 0 spiro atoms. The SMILES string of the molecule is CSc1ccc(Cl)c(C(=O)OCC(=O)N(C)[C@@H]2CCS(=O)(=O)C2)c1. The van der Waals surface area contributed by atoms with Crippen LogP contribution in [0.1, 0.15) is 16.8 Å². The number of hydrogen-bond donors (Lipinski definition) is 0. The van der Waals surface area contributed by atoms with Crippen LogP contribution < -0.4 is 0 Å². The van der Waals surface area contributed by atoms with Gasteiger partial charge >= 0.3 is 5.97 Å². The Morgan fingerprint density at radius 2 is 2.12 bits per heavy atom. The maximum atomic E-state index is 12.1. The van der Waals surface area contributed by atoms with Gasteiger partial charge in [0.25, 0.3) is 5.91 Å². The molecule has 1 aromatic carbocycles. The highest BCUT2D eigenvalue weighted by molar-refractivity contribution is 7.98. The molecule has 0 saturated carbocycles. The van der Waals surface area contributed by atoms with Gasteiger partial charge < -0.3 is 9.64 Å². The van der Waals surface area contributed by atoms with Crippen LogP contribution in [0.3, 0.4) is 0 Å². The van der Waals surface area contributed by atoms with Crippen LogP contribution in [0.25, 0.3) is 0 Å². The van der Waals surface area contributed by atoms with Crippen LogP contribution in [0.5, 0.6) is 0 Å². The lowest BCUT2D eigenvalue weighted by Crippen LogP contribution is -2.40. The van der Waals surface area contributed by atoms with Gasteiger partial charge in [-0.3, -0.25) is 4.79 Å². The van der Waals surface area contributed by atoms with Gasteiger partial charge in [-0.1, -0.05) is 11.6 Å². The summed E-state index contributed by atoms with van der Waals surface area (Å²) in [6.45, 7) is -0.453. The Balaban J connectivity index is 1.95. The van der Waals surface area contributed by atoms with Crippen molar-refractivity contribution in [1.29, 1.82) is 0 Å². The second-order valence-corrected chi connectivity index (χ2v) is 9.00. The van der Waals surface area contributed by atoms with Gasteiger partial charge in [0.05, 0.1) is 22.1 Å². The van der Waals surface area contributed by atoms with E-state index in [0.717, 1.165) is 4.90 Å². The molecule has 1 aliphatic heterocycles. The zero-order valence-electron chi connectivity index (χ0n) is 13.3. The first-order chi connectivity index (χ1) is 11.2. The van der Waals surface area contributed by atoms with Crippen molar-refractivity contribution >= 4 is 45.1 Å². The summed E-state index contributed by atoms with van der Waals surface area (Å²) in [7, 11) is -1.57. The number of benzene rings is 1. The van der Waals surface area contributed by atoms with E-state index in [1.54, 1.807) is 18.2 Å². The van der Waals surface area contributed by atoms with E-state index in [1.165, 1.54) is 23.7 Å². The Kier molecular flexibility index (Phi) is 6.17. The predicted octanol–water partition coefficient (Wildman–Crippen LogP) is 1.86. The molecule has 132 valence electrons. The first kappa shape index (κ1) is 19.1. The lowest BCUT2D eigenvalue weighted by atomic mass is 10.2.